The van der Waals surface area contributed by atoms with Gasteiger partial charge in [-0.15, -0.1) is 0 Å². The standard InChI is InChI=1S/C31H34N2O3/c1-5-32(6-2)25-18-16-24(17-19-25)29-28(27(34)20-15-23-12-8-7-9-13-23)30(35)31(36)33(29)26-14-10-11-21(3)22(26)4/h7-14,16-19,29,35H,5-6,15,20H2,1-4H3. The summed E-state index contributed by atoms with van der Waals surface area (Å²) >= 11 is 0. The van der Waals surface area contributed by atoms with Gasteiger partial charge in [-0.3, -0.25) is 14.5 Å². The second-order valence-electron chi connectivity index (χ2n) is 9.23. The number of aliphatic hydroxyl groups is 1. The van der Waals surface area contributed by atoms with Crippen molar-refractivity contribution < 1.29 is 14.7 Å². The average molecular weight is 483 g/mol. The van der Waals surface area contributed by atoms with Crippen molar-refractivity contribution in [3.05, 3.63) is 106 Å². The zero-order chi connectivity index (χ0) is 25.8. The molecular weight excluding hydrogens is 448 g/mol. The number of Topliss-reactive ketones (excluding diaryl/α,β-unsaturated/α-hetero) is 1. The zero-order valence-electron chi connectivity index (χ0n) is 21.5. The number of carbonyl (C=O) groups is 2. The normalized spacial score (nSPS) is 15.5. The summed E-state index contributed by atoms with van der Waals surface area (Å²) in [6.07, 6.45) is 0.757. The molecule has 1 aliphatic rings. The minimum absolute atomic E-state index is 0.174. The van der Waals surface area contributed by atoms with Crippen LogP contribution in [0, 0.1) is 13.8 Å². The Bertz CT molecular complexity index is 1270. The maximum Gasteiger partial charge on any atom is 0.294 e. The molecule has 186 valence electrons. The summed E-state index contributed by atoms with van der Waals surface area (Å²) in [6, 6.07) is 22.8. The van der Waals surface area contributed by atoms with Crippen molar-refractivity contribution in [1.29, 1.82) is 0 Å². The van der Waals surface area contributed by atoms with E-state index in [9.17, 15) is 14.7 Å². The molecule has 36 heavy (non-hydrogen) atoms. The lowest BCUT2D eigenvalue weighted by molar-refractivity contribution is -0.118. The molecule has 0 aliphatic carbocycles. The summed E-state index contributed by atoms with van der Waals surface area (Å²) in [6.45, 7) is 9.95. The molecule has 0 fully saturated rings. The highest BCUT2D eigenvalue weighted by Gasteiger charge is 2.44. The molecule has 1 aliphatic heterocycles. The summed E-state index contributed by atoms with van der Waals surface area (Å²) in [5.41, 5.74) is 5.79. The fourth-order valence-electron chi connectivity index (χ4n) is 4.94. The molecule has 5 nitrogen and oxygen atoms in total. The molecule has 1 heterocycles. The van der Waals surface area contributed by atoms with E-state index in [1.165, 1.54) is 0 Å². The fraction of sp³-hybridized carbons (Fsp3) is 0.290. The van der Waals surface area contributed by atoms with E-state index < -0.39 is 17.7 Å². The van der Waals surface area contributed by atoms with E-state index in [2.05, 4.69) is 18.7 Å². The van der Waals surface area contributed by atoms with Crippen LogP contribution >= 0.6 is 0 Å². The van der Waals surface area contributed by atoms with Crippen LogP contribution in [0.25, 0.3) is 0 Å². The molecule has 0 saturated heterocycles. The van der Waals surface area contributed by atoms with Crippen molar-refractivity contribution in [3.8, 4) is 0 Å². The Balaban J connectivity index is 1.76. The lowest BCUT2D eigenvalue weighted by Gasteiger charge is -2.29. The van der Waals surface area contributed by atoms with Crippen LogP contribution in [0.1, 0.15) is 48.6 Å². The van der Waals surface area contributed by atoms with Crippen LogP contribution in [0.5, 0.6) is 0 Å². The van der Waals surface area contributed by atoms with Gasteiger partial charge in [-0.25, -0.2) is 0 Å². The Morgan fingerprint density at radius 1 is 0.917 bits per heavy atom. The van der Waals surface area contributed by atoms with E-state index in [-0.39, 0.29) is 17.8 Å². The monoisotopic (exact) mass is 482 g/mol. The first-order valence-corrected chi connectivity index (χ1v) is 12.6. The number of anilines is 2. The molecule has 4 rings (SSSR count). The summed E-state index contributed by atoms with van der Waals surface area (Å²) in [7, 11) is 0. The second-order valence-corrected chi connectivity index (χ2v) is 9.23. The van der Waals surface area contributed by atoms with Gasteiger partial charge in [-0.05, 0) is 74.6 Å². The zero-order valence-corrected chi connectivity index (χ0v) is 21.5. The van der Waals surface area contributed by atoms with Gasteiger partial charge in [0, 0.05) is 30.9 Å². The second kappa shape index (κ2) is 10.8. The first-order chi connectivity index (χ1) is 17.4. The van der Waals surface area contributed by atoms with Crippen molar-refractivity contribution in [2.24, 2.45) is 0 Å². The van der Waals surface area contributed by atoms with Crippen molar-refractivity contribution >= 4 is 23.1 Å². The van der Waals surface area contributed by atoms with E-state index in [0.717, 1.165) is 41.0 Å². The Morgan fingerprint density at radius 2 is 1.58 bits per heavy atom. The largest absolute Gasteiger partial charge is 0.503 e. The number of ketones is 1. The van der Waals surface area contributed by atoms with Crippen molar-refractivity contribution in [2.75, 3.05) is 22.9 Å². The number of hydrogen-bond acceptors (Lipinski definition) is 4. The molecule has 3 aromatic rings. The molecule has 0 bridgehead atoms. The van der Waals surface area contributed by atoms with Gasteiger partial charge < -0.3 is 10.0 Å². The molecule has 0 spiro atoms. The van der Waals surface area contributed by atoms with Crippen LogP contribution in [0.3, 0.4) is 0 Å². The number of benzene rings is 3. The predicted molar refractivity (Wildman–Crippen MR) is 146 cm³/mol. The lowest BCUT2D eigenvalue weighted by Crippen LogP contribution is -2.32. The highest BCUT2D eigenvalue weighted by molar-refractivity contribution is 6.16. The summed E-state index contributed by atoms with van der Waals surface area (Å²) in [5, 5.41) is 11.0. The van der Waals surface area contributed by atoms with Gasteiger partial charge in [-0.2, -0.15) is 0 Å². The minimum atomic E-state index is -0.688. The van der Waals surface area contributed by atoms with Gasteiger partial charge in [-0.1, -0.05) is 54.6 Å². The van der Waals surface area contributed by atoms with Crippen LogP contribution in [-0.2, 0) is 16.0 Å². The molecule has 1 N–H and O–H groups in total. The minimum Gasteiger partial charge on any atom is -0.503 e. The molecule has 0 saturated carbocycles. The van der Waals surface area contributed by atoms with Crippen molar-refractivity contribution in [1.82, 2.24) is 0 Å². The lowest BCUT2D eigenvalue weighted by atomic mass is 9.92. The Hall–Kier alpha value is -3.86. The average Bonchev–Trinajstić information content (AvgIpc) is 3.16. The van der Waals surface area contributed by atoms with Gasteiger partial charge in [0.2, 0.25) is 0 Å². The number of aryl methyl sites for hydroxylation is 2. The molecule has 3 aromatic carbocycles. The van der Waals surface area contributed by atoms with Crippen LogP contribution in [0.4, 0.5) is 11.4 Å². The predicted octanol–water partition coefficient (Wildman–Crippen LogP) is 6.25. The van der Waals surface area contributed by atoms with E-state index in [4.69, 9.17) is 0 Å². The molecule has 1 atom stereocenters. The van der Waals surface area contributed by atoms with Gasteiger partial charge in [0.1, 0.15) is 0 Å². The van der Waals surface area contributed by atoms with Crippen LogP contribution < -0.4 is 9.80 Å². The number of rotatable bonds is 9. The molecular formula is C31H34N2O3. The Morgan fingerprint density at radius 3 is 2.22 bits per heavy atom. The third kappa shape index (κ3) is 4.78. The Kier molecular flexibility index (Phi) is 7.58. The Labute approximate surface area is 213 Å². The smallest absolute Gasteiger partial charge is 0.294 e. The maximum absolute atomic E-state index is 13.5. The number of hydrogen-bond donors (Lipinski definition) is 1. The first-order valence-electron chi connectivity index (χ1n) is 12.6. The molecule has 1 amide bonds. The fourth-order valence-corrected chi connectivity index (χ4v) is 4.94. The first kappa shape index (κ1) is 25.2. The SMILES string of the molecule is CCN(CC)c1ccc(C2C(C(=O)CCc3ccccc3)=C(O)C(=O)N2c2cccc(C)c2C)cc1. The van der Waals surface area contributed by atoms with E-state index >= 15 is 0 Å². The van der Waals surface area contributed by atoms with Crippen molar-refractivity contribution in [3.63, 3.8) is 0 Å². The topological polar surface area (TPSA) is 60.9 Å². The summed E-state index contributed by atoms with van der Waals surface area (Å²) < 4.78 is 0. The molecule has 0 radical (unpaired) electrons. The highest BCUT2D eigenvalue weighted by atomic mass is 16.3. The van der Waals surface area contributed by atoms with Crippen molar-refractivity contribution in [2.45, 2.75) is 46.6 Å². The van der Waals surface area contributed by atoms with E-state index in [1.54, 1.807) is 4.90 Å². The quantitative estimate of drug-likeness (QED) is 0.392. The van der Waals surface area contributed by atoms with Crippen LogP contribution in [-0.4, -0.2) is 29.9 Å². The number of carbonyl (C=O) groups excluding carboxylic acids is 2. The van der Waals surface area contributed by atoms with Crippen LogP contribution in [0.2, 0.25) is 0 Å². The molecule has 5 heteroatoms. The maximum atomic E-state index is 13.5. The number of nitrogens with zero attached hydrogens (tertiary/aromatic N) is 2. The van der Waals surface area contributed by atoms with Gasteiger partial charge in [0.15, 0.2) is 11.5 Å². The summed E-state index contributed by atoms with van der Waals surface area (Å²) in [4.78, 5) is 30.8. The molecule has 1 unspecified atom stereocenters. The summed E-state index contributed by atoms with van der Waals surface area (Å²) in [5.74, 6) is -1.20. The highest BCUT2D eigenvalue weighted by Crippen LogP contribution is 2.43. The van der Waals surface area contributed by atoms with E-state index in [1.807, 2.05) is 86.6 Å². The number of aliphatic hydroxyl groups excluding tert-OH is 1. The van der Waals surface area contributed by atoms with Gasteiger partial charge in [0.05, 0.1) is 11.6 Å². The van der Waals surface area contributed by atoms with Gasteiger partial charge >= 0.3 is 0 Å². The number of amides is 1. The van der Waals surface area contributed by atoms with Gasteiger partial charge in [0.25, 0.3) is 5.91 Å². The molecule has 0 aromatic heterocycles. The van der Waals surface area contributed by atoms with E-state index in [0.29, 0.717) is 12.1 Å². The third-order valence-electron chi connectivity index (χ3n) is 7.17. The third-order valence-corrected chi connectivity index (χ3v) is 7.17. The van der Waals surface area contributed by atoms with Crippen LogP contribution in [0.15, 0.2) is 84.1 Å².